The maximum absolute atomic E-state index is 13.4. The Morgan fingerprint density at radius 1 is 1.00 bits per heavy atom. The maximum Gasteiger partial charge on any atom is 0.220 e. The summed E-state index contributed by atoms with van der Waals surface area (Å²) in [4.78, 5) is 37.4. The number of nitrogens with one attached hydrogen (secondary N) is 3. The van der Waals surface area contributed by atoms with E-state index in [1.165, 1.54) is 6.92 Å². The van der Waals surface area contributed by atoms with Gasteiger partial charge in [0.2, 0.25) is 23.0 Å². The molecule has 0 fully saturated rings. The third-order valence-corrected chi connectivity index (χ3v) is 7.02. The van der Waals surface area contributed by atoms with E-state index in [1.807, 2.05) is 12.1 Å². The summed E-state index contributed by atoms with van der Waals surface area (Å²) in [6.07, 6.45) is 4.26. The molecule has 3 N–H and O–H groups in total. The highest BCUT2D eigenvalue weighted by molar-refractivity contribution is 5.83. The quantitative estimate of drug-likeness (QED) is 0.310. The number of hydrogen-bond donors (Lipinski definition) is 3. The molecular formula is C31H43N3O6. The van der Waals surface area contributed by atoms with Crippen LogP contribution in [0.5, 0.6) is 17.2 Å². The number of unbranched alkanes of at least 4 members (excludes halogenated alkanes) is 2. The lowest BCUT2D eigenvalue weighted by atomic mass is 9.95. The van der Waals surface area contributed by atoms with Gasteiger partial charge in [-0.1, -0.05) is 26.3 Å². The Bertz CT molecular complexity index is 1260. The fourth-order valence-electron chi connectivity index (χ4n) is 5.07. The largest absolute Gasteiger partial charge is 0.493 e. The topological polar surface area (TPSA) is 115 Å². The first-order valence-corrected chi connectivity index (χ1v) is 14.0. The number of ether oxygens (including phenoxy) is 3. The zero-order valence-corrected chi connectivity index (χ0v) is 24.6. The van der Waals surface area contributed by atoms with Gasteiger partial charge in [0.15, 0.2) is 11.5 Å². The minimum atomic E-state index is -0.351. The summed E-state index contributed by atoms with van der Waals surface area (Å²) in [7, 11) is 4.72. The van der Waals surface area contributed by atoms with Gasteiger partial charge < -0.3 is 30.2 Å². The molecule has 40 heavy (non-hydrogen) atoms. The minimum Gasteiger partial charge on any atom is -0.493 e. The van der Waals surface area contributed by atoms with E-state index in [-0.39, 0.29) is 23.3 Å². The molecule has 0 saturated carbocycles. The van der Waals surface area contributed by atoms with E-state index in [2.05, 4.69) is 29.8 Å². The second-order valence-electron chi connectivity index (χ2n) is 10.5. The van der Waals surface area contributed by atoms with Crippen molar-refractivity contribution in [3.8, 4) is 28.4 Å². The van der Waals surface area contributed by atoms with Gasteiger partial charge in [0.1, 0.15) is 0 Å². The molecule has 1 aliphatic carbocycles. The number of rotatable bonds is 13. The number of hydrogen-bond acceptors (Lipinski definition) is 7. The summed E-state index contributed by atoms with van der Waals surface area (Å²) >= 11 is 0. The molecular weight excluding hydrogens is 510 g/mol. The van der Waals surface area contributed by atoms with Gasteiger partial charge in [-0.05, 0) is 66.5 Å². The van der Waals surface area contributed by atoms with Gasteiger partial charge in [0, 0.05) is 32.0 Å². The van der Waals surface area contributed by atoms with E-state index in [4.69, 9.17) is 14.2 Å². The summed E-state index contributed by atoms with van der Waals surface area (Å²) in [5.41, 5.74) is 3.64. The maximum atomic E-state index is 13.4. The molecule has 0 aromatic heterocycles. The molecule has 0 unspecified atom stereocenters. The SMILES string of the molecule is COc1cc2c(c(OC)c1OC)-c1ccc(NCCCCCC(=O)NCC(C)C)c(=O)cc1[C@@H](NC(C)=O)CC2. The Morgan fingerprint density at radius 2 is 1.75 bits per heavy atom. The zero-order valence-electron chi connectivity index (χ0n) is 24.6. The number of benzene rings is 1. The lowest BCUT2D eigenvalue weighted by molar-refractivity contribution is -0.121. The molecule has 2 aromatic rings. The van der Waals surface area contributed by atoms with Gasteiger partial charge in [-0.3, -0.25) is 14.4 Å². The smallest absolute Gasteiger partial charge is 0.220 e. The molecule has 0 radical (unpaired) electrons. The van der Waals surface area contributed by atoms with Crippen LogP contribution >= 0.6 is 0 Å². The number of anilines is 1. The fraction of sp³-hybridized carbons (Fsp3) is 0.516. The predicted molar refractivity (Wildman–Crippen MR) is 157 cm³/mol. The first-order chi connectivity index (χ1) is 19.2. The highest BCUT2D eigenvalue weighted by atomic mass is 16.5. The molecule has 2 aromatic carbocycles. The number of carbonyl (C=O) groups is 2. The molecule has 218 valence electrons. The third kappa shape index (κ3) is 7.67. The Morgan fingerprint density at radius 3 is 2.40 bits per heavy atom. The third-order valence-electron chi connectivity index (χ3n) is 7.02. The van der Waals surface area contributed by atoms with Crippen molar-refractivity contribution >= 4 is 17.5 Å². The second kappa shape index (κ2) is 14.6. The van der Waals surface area contributed by atoms with Crippen LogP contribution in [0.15, 0.2) is 29.1 Å². The van der Waals surface area contributed by atoms with Gasteiger partial charge in [0.25, 0.3) is 0 Å². The van der Waals surface area contributed by atoms with Crippen LogP contribution < -0.4 is 35.6 Å². The van der Waals surface area contributed by atoms with Gasteiger partial charge in [0.05, 0.1) is 33.1 Å². The van der Waals surface area contributed by atoms with Crippen molar-refractivity contribution in [2.75, 3.05) is 39.7 Å². The number of aryl methyl sites for hydroxylation is 1. The summed E-state index contributed by atoms with van der Waals surface area (Å²) < 4.78 is 17.0. The Hall–Kier alpha value is -3.75. The molecule has 3 rings (SSSR count). The monoisotopic (exact) mass is 553 g/mol. The van der Waals surface area contributed by atoms with Crippen LogP contribution in [0, 0.1) is 5.92 Å². The first kappa shape index (κ1) is 30.8. The average Bonchev–Trinajstić information content (AvgIpc) is 3.16. The molecule has 2 amide bonds. The minimum absolute atomic E-state index is 0.0822. The molecule has 0 heterocycles. The molecule has 1 aliphatic rings. The van der Waals surface area contributed by atoms with Crippen molar-refractivity contribution in [2.24, 2.45) is 5.92 Å². The summed E-state index contributed by atoms with van der Waals surface area (Å²) in [6, 6.07) is 6.89. The lowest BCUT2D eigenvalue weighted by Crippen LogP contribution is -2.26. The van der Waals surface area contributed by atoms with Crippen LogP contribution in [0.3, 0.4) is 0 Å². The van der Waals surface area contributed by atoms with Crippen molar-refractivity contribution in [1.29, 1.82) is 0 Å². The van der Waals surface area contributed by atoms with E-state index in [1.54, 1.807) is 33.5 Å². The normalized spacial score (nSPS) is 13.9. The standard InChI is InChI=1S/C31H43N3O6/c1-19(2)18-33-28(37)10-8-7-9-15-32-25-14-12-22-23(17-26(25)36)24(34-20(3)35)13-11-21-16-27(38-4)30(39-5)31(40-6)29(21)22/h12,14,16-17,19,24H,7-11,13,15,18H2,1-6H3,(H,32,36)(H,33,37)(H,34,35)/t24-/m0/s1. The van der Waals surface area contributed by atoms with Gasteiger partial charge in [-0.2, -0.15) is 0 Å². The molecule has 0 aliphatic heterocycles. The van der Waals surface area contributed by atoms with E-state index >= 15 is 0 Å². The van der Waals surface area contributed by atoms with Crippen molar-refractivity contribution < 1.29 is 23.8 Å². The van der Waals surface area contributed by atoms with E-state index in [0.717, 1.165) is 41.5 Å². The molecule has 1 atom stereocenters. The van der Waals surface area contributed by atoms with Gasteiger partial charge in [-0.15, -0.1) is 0 Å². The number of fused-ring (bicyclic) bond motifs is 3. The Kier molecular flexibility index (Phi) is 11.2. The Labute approximate surface area is 237 Å². The summed E-state index contributed by atoms with van der Waals surface area (Å²) in [5.74, 6) is 1.90. The molecule has 9 heteroatoms. The molecule has 0 bridgehead atoms. The Balaban J connectivity index is 1.88. The molecule has 9 nitrogen and oxygen atoms in total. The van der Waals surface area contributed by atoms with E-state index in [9.17, 15) is 14.4 Å². The second-order valence-corrected chi connectivity index (χ2v) is 10.5. The van der Waals surface area contributed by atoms with E-state index in [0.29, 0.717) is 61.2 Å². The van der Waals surface area contributed by atoms with Crippen LogP contribution in [0.4, 0.5) is 5.69 Å². The zero-order chi connectivity index (χ0) is 29.2. The van der Waals surface area contributed by atoms with Crippen molar-refractivity contribution in [3.05, 3.63) is 45.6 Å². The number of methoxy groups -OCH3 is 3. The predicted octanol–water partition coefficient (Wildman–Crippen LogP) is 4.61. The van der Waals surface area contributed by atoms with Gasteiger partial charge >= 0.3 is 0 Å². The van der Waals surface area contributed by atoms with Crippen molar-refractivity contribution in [2.45, 2.75) is 65.3 Å². The van der Waals surface area contributed by atoms with Crippen LogP contribution in [-0.2, 0) is 16.0 Å². The highest BCUT2D eigenvalue weighted by Gasteiger charge is 2.29. The van der Waals surface area contributed by atoms with E-state index < -0.39 is 0 Å². The van der Waals surface area contributed by atoms with Crippen molar-refractivity contribution in [1.82, 2.24) is 10.6 Å². The highest BCUT2D eigenvalue weighted by Crippen LogP contribution is 2.50. The van der Waals surface area contributed by atoms with Crippen LogP contribution in [0.2, 0.25) is 0 Å². The van der Waals surface area contributed by atoms with Crippen LogP contribution in [0.25, 0.3) is 11.1 Å². The molecule has 0 spiro atoms. The van der Waals surface area contributed by atoms with Crippen LogP contribution in [-0.4, -0.2) is 46.2 Å². The lowest BCUT2D eigenvalue weighted by Gasteiger charge is -2.19. The van der Waals surface area contributed by atoms with Crippen molar-refractivity contribution in [3.63, 3.8) is 0 Å². The fourth-order valence-corrected chi connectivity index (χ4v) is 5.07. The summed E-state index contributed by atoms with van der Waals surface area (Å²) in [6.45, 7) is 6.92. The van der Waals surface area contributed by atoms with Gasteiger partial charge in [-0.25, -0.2) is 0 Å². The average molecular weight is 554 g/mol. The number of amides is 2. The number of carbonyl (C=O) groups excluding carboxylic acids is 2. The first-order valence-electron chi connectivity index (χ1n) is 14.0. The molecule has 0 saturated heterocycles. The van der Waals surface area contributed by atoms with Crippen LogP contribution in [0.1, 0.15) is 70.0 Å². The summed E-state index contributed by atoms with van der Waals surface area (Å²) in [5, 5.41) is 9.24.